The molecular weight excluding hydrogens is 479 g/mol. The SMILES string of the molecule is O=C(COc1ccc(Cl)cc1Cl)N(CCCn1ccnc1)c1nc2c(Cl)cccc2s1. The van der Waals surface area contributed by atoms with Crippen molar-refractivity contribution in [2.75, 3.05) is 18.1 Å². The van der Waals surface area contributed by atoms with Crippen LogP contribution in [0.3, 0.4) is 0 Å². The van der Waals surface area contributed by atoms with E-state index in [0.29, 0.717) is 44.4 Å². The van der Waals surface area contributed by atoms with Gasteiger partial charge < -0.3 is 9.30 Å². The number of aromatic nitrogens is 3. The van der Waals surface area contributed by atoms with Crippen LogP contribution in [0.4, 0.5) is 5.13 Å². The minimum Gasteiger partial charge on any atom is -0.482 e. The number of halogens is 3. The van der Waals surface area contributed by atoms with Gasteiger partial charge in [-0.15, -0.1) is 0 Å². The number of carbonyl (C=O) groups is 1. The number of benzene rings is 2. The Bertz CT molecular complexity index is 1200. The van der Waals surface area contributed by atoms with Crippen LogP contribution in [0.1, 0.15) is 6.42 Å². The molecular formula is C21H17Cl3N4O2S. The minimum absolute atomic E-state index is 0.184. The zero-order valence-corrected chi connectivity index (χ0v) is 19.3. The quantitative estimate of drug-likeness (QED) is 0.303. The average Bonchev–Trinajstić information content (AvgIpc) is 3.41. The number of amides is 1. The summed E-state index contributed by atoms with van der Waals surface area (Å²) in [5.74, 6) is 0.164. The molecule has 0 saturated heterocycles. The molecule has 0 unspecified atom stereocenters. The number of nitrogens with zero attached hydrogens (tertiary/aromatic N) is 4. The molecule has 0 bridgehead atoms. The molecule has 0 aliphatic carbocycles. The molecule has 0 aliphatic rings. The van der Waals surface area contributed by atoms with Crippen molar-refractivity contribution < 1.29 is 9.53 Å². The maximum Gasteiger partial charge on any atom is 0.266 e. The third kappa shape index (κ3) is 5.30. The van der Waals surface area contributed by atoms with E-state index in [1.54, 1.807) is 41.7 Å². The van der Waals surface area contributed by atoms with Crippen molar-refractivity contribution in [3.05, 3.63) is 70.2 Å². The highest BCUT2D eigenvalue weighted by Crippen LogP contribution is 2.33. The third-order valence-electron chi connectivity index (χ3n) is 4.49. The lowest BCUT2D eigenvalue weighted by Crippen LogP contribution is -2.36. The van der Waals surface area contributed by atoms with Gasteiger partial charge in [0, 0.05) is 30.5 Å². The molecule has 2 heterocycles. The number of fused-ring (bicyclic) bond motifs is 1. The summed E-state index contributed by atoms with van der Waals surface area (Å²) in [5.41, 5.74) is 0.679. The number of para-hydroxylation sites is 1. The molecule has 10 heteroatoms. The molecule has 0 saturated carbocycles. The molecule has 0 radical (unpaired) electrons. The number of thiazole rings is 1. The molecule has 0 fully saturated rings. The lowest BCUT2D eigenvalue weighted by molar-refractivity contribution is -0.120. The summed E-state index contributed by atoms with van der Waals surface area (Å²) in [6.45, 7) is 1.00. The van der Waals surface area contributed by atoms with Gasteiger partial charge in [-0.1, -0.05) is 52.2 Å². The molecule has 31 heavy (non-hydrogen) atoms. The van der Waals surface area contributed by atoms with Crippen molar-refractivity contribution in [3.63, 3.8) is 0 Å². The third-order valence-corrected chi connectivity index (χ3v) is 6.37. The van der Waals surface area contributed by atoms with Gasteiger partial charge in [-0.2, -0.15) is 0 Å². The number of hydrogen-bond acceptors (Lipinski definition) is 5. The summed E-state index contributed by atoms with van der Waals surface area (Å²) < 4.78 is 8.53. The molecule has 160 valence electrons. The first-order valence-corrected chi connectivity index (χ1v) is 11.4. The number of anilines is 1. The number of rotatable bonds is 8. The predicted octanol–water partition coefficient (Wildman–Crippen LogP) is 5.96. The number of aryl methyl sites for hydroxylation is 1. The smallest absolute Gasteiger partial charge is 0.266 e. The van der Waals surface area contributed by atoms with E-state index in [9.17, 15) is 4.79 Å². The van der Waals surface area contributed by atoms with Crippen molar-refractivity contribution in [2.24, 2.45) is 0 Å². The second kappa shape index (κ2) is 9.87. The summed E-state index contributed by atoms with van der Waals surface area (Å²) in [4.78, 5) is 23.4. The van der Waals surface area contributed by atoms with Crippen LogP contribution in [-0.4, -0.2) is 33.6 Å². The van der Waals surface area contributed by atoms with Gasteiger partial charge in [0.1, 0.15) is 11.3 Å². The van der Waals surface area contributed by atoms with Crippen LogP contribution in [0.2, 0.25) is 15.1 Å². The summed E-state index contributed by atoms with van der Waals surface area (Å²) in [5, 5.41) is 1.97. The molecule has 0 spiro atoms. The monoisotopic (exact) mass is 494 g/mol. The number of hydrogen-bond donors (Lipinski definition) is 0. The summed E-state index contributed by atoms with van der Waals surface area (Å²) in [6.07, 6.45) is 6.07. The highest BCUT2D eigenvalue weighted by Gasteiger charge is 2.21. The second-order valence-corrected chi connectivity index (χ2v) is 8.91. The minimum atomic E-state index is -0.230. The van der Waals surface area contributed by atoms with Gasteiger partial charge in [-0.25, -0.2) is 9.97 Å². The largest absolute Gasteiger partial charge is 0.482 e. The van der Waals surface area contributed by atoms with E-state index in [2.05, 4.69) is 9.97 Å². The molecule has 2 aromatic heterocycles. The topological polar surface area (TPSA) is 60.2 Å². The Morgan fingerprint density at radius 1 is 1.16 bits per heavy atom. The Morgan fingerprint density at radius 2 is 2.03 bits per heavy atom. The van der Waals surface area contributed by atoms with Gasteiger partial charge in [0.05, 0.1) is 21.1 Å². The Morgan fingerprint density at radius 3 is 2.77 bits per heavy atom. The van der Waals surface area contributed by atoms with Crippen molar-refractivity contribution in [3.8, 4) is 5.75 Å². The van der Waals surface area contributed by atoms with Crippen LogP contribution in [0.5, 0.6) is 5.75 Å². The summed E-state index contributed by atoms with van der Waals surface area (Å²) in [6, 6.07) is 10.4. The Kier molecular flexibility index (Phi) is 6.97. The number of imidazole rings is 1. The van der Waals surface area contributed by atoms with Crippen molar-refractivity contribution in [1.82, 2.24) is 14.5 Å². The Balaban J connectivity index is 1.52. The van der Waals surface area contributed by atoms with Gasteiger partial charge in [-0.3, -0.25) is 9.69 Å². The van der Waals surface area contributed by atoms with Crippen LogP contribution in [0.25, 0.3) is 10.2 Å². The van der Waals surface area contributed by atoms with Crippen LogP contribution in [-0.2, 0) is 11.3 Å². The zero-order chi connectivity index (χ0) is 21.8. The lowest BCUT2D eigenvalue weighted by Gasteiger charge is -2.20. The fourth-order valence-electron chi connectivity index (χ4n) is 2.99. The highest BCUT2D eigenvalue weighted by molar-refractivity contribution is 7.22. The van der Waals surface area contributed by atoms with Gasteiger partial charge >= 0.3 is 0 Å². The van der Waals surface area contributed by atoms with E-state index in [1.165, 1.54) is 11.3 Å². The van der Waals surface area contributed by atoms with Gasteiger partial charge in [-0.05, 0) is 36.8 Å². The van der Waals surface area contributed by atoms with Crippen LogP contribution < -0.4 is 9.64 Å². The number of ether oxygens (including phenoxy) is 1. The van der Waals surface area contributed by atoms with Crippen LogP contribution in [0, 0.1) is 0 Å². The standard InChI is InChI=1S/C21H17Cl3N4O2S/c22-14-5-6-17(16(24)11-14)30-12-19(29)28(9-2-8-27-10-7-25-13-27)21-26-20-15(23)3-1-4-18(20)31-21/h1,3-7,10-11,13H,2,8-9,12H2. The van der Waals surface area contributed by atoms with Crippen molar-refractivity contribution >= 4 is 67.4 Å². The molecule has 4 rings (SSSR count). The van der Waals surface area contributed by atoms with E-state index >= 15 is 0 Å². The van der Waals surface area contributed by atoms with Crippen LogP contribution in [0.15, 0.2) is 55.1 Å². The van der Waals surface area contributed by atoms with Crippen molar-refractivity contribution in [1.29, 1.82) is 0 Å². The molecule has 0 N–H and O–H groups in total. The highest BCUT2D eigenvalue weighted by atomic mass is 35.5. The fourth-order valence-corrected chi connectivity index (χ4v) is 4.76. The van der Waals surface area contributed by atoms with Crippen molar-refractivity contribution in [2.45, 2.75) is 13.0 Å². The Hall–Kier alpha value is -2.32. The van der Waals surface area contributed by atoms with E-state index < -0.39 is 0 Å². The van der Waals surface area contributed by atoms with E-state index in [-0.39, 0.29) is 12.5 Å². The zero-order valence-electron chi connectivity index (χ0n) is 16.2. The molecule has 0 atom stereocenters. The van der Waals surface area contributed by atoms with E-state index in [0.717, 1.165) is 11.2 Å². The van der Waals surface area contributed by atoms with E-state index in [1.807, 2.05) is 22.9 Å². The van der Waals surface area contributed by atoms with Crippen LogP contribution >= 0.6 is 46.1 Å². The first-order chi connectivity index (χ1) is 15.0. The average molecular weight is 496 g/mol. The van der Waals surface area contributed by atoms with E-state index in [4.69, 9.17) is 39.5 Å². The molecule has 0 aliphatic heterocycles. The van der Waals surface area contributed by atoms with Gasteiger partial charge in [0.15, 0.2) is 11.7 Å². The summed E-state index contributed by atoms with van der Waals surface area (Å²) in [7, 11) is 0. The van der Waals surface area contributed by atoms with Gasteiger partial charge in [0.2, 0.25) is 0 Å². The van der Waals surface area contributed by atoms with Gasteiger partial charge in [0.25, 0.3) is 5.91 Å². The normalized spacial score (nSPS) is 11.1. The summed E-state index contributed by atoms with van der Waals surface area (Å²) >= 11 is 19.8. The molecule has 4 aromatic rings. The Labute approximate surface area is 197 Å². The first kappa shape index (κ1) is 21.9. The lowest BCUT2D eigenvalue weighted by atomic mass is 10.3. The molecule has 1 amide bonds. The molecule has 6 nitrogen and oxygen atoms in total. The maximum absolute atomic E-state index is 13.1. The predicted molar refractivity (Wildman–Crippen MR) is 126 cm³/mol. The fraction of sp³-hybridized carbons (Fsp3) is 0.190. The number of carbonyl (C=O) groups excluding carboxylic acids is 1. The molecule has 2 aromatic carbocycles. The second-order valence-electron chi connectivity index (χ2n) is 6.65. The maximum atomic E-state index is 13.1. The first-order valence-electron chi connectivity index (χ1n) is 9.40.